The number of amides is 1. The fourth-order valence-corrected chi connectivity index (χ4v) is 3.91. The van der Waals surface area contributed by atoms with Gasteiger partial charge in [0.1, 0.15) is 18.1 Å². The Morgan fingerprint density at radius 1 is 0.875 bits per heavy atom. The van der Waals surface area contributed by atoms with Gasteiger partial charge >= 0.3 is 0 Å². The van der Waals surface area contributed by atoms with Crippen molar-refractivity contribution < 1.29 is 14.3 Å². The number of ether oxygens (including phenoxy) is 2. The summed E-state index contributed by atoms with van der Waals surface area (Å²) in [5.41, 5.74) is 2.15. The Bertz CT molecular complexity index is 1240. The third-order valence-electron chi connectivity index (χ3n) is 5.07. The summed E-state index contributed by atoms with van der Waals surface area (Å²) < 4.78 is 11.8. The van der Waals surface area contributed by atoms with Crippen molar-refractivity contribution in [2.45, 2.75) is 18.4 Å². The molecule has 1 amide bonds. The smallest absolute Gasteiger partial charge is 0.255 e. The number of hydrogen-bond donors (Lipinski definition) is 1. The normalized spacial score (nSPS) is 10.7. The number of carbonyl (C=O) groups excluding carboxylic acids is 1. The van der Waals surface area contributed by atoms with Gasteiger partial charge in [-0.25, -0.2) is 0 Å². The number of benzene rings is 4. The maximum atomic E-state index is 12.9. The minimum atomic E-state index is -0.168. The molecule has 0 heterocycles. The van der Waals surface area contributed by atoms with Crippen molar-refractivity contribution in [2.24, 2.45) is 0 Å². The highest BCUT2D eigenvalue weighted by Gasteiger charge is 2.12. The quantitative estimate of drug-likeness (QED) is 0.305. The molecule has 1 N–H and O–H groups in total. The largest absolute Gasteiger partial charge is 0.493 e. The zero-order valence-corrected chi connectivity index (χ0v) is 18.9. The summed E-state index contributed by atoms with van der Waals surface area (Å²) in [6.45, 7) is 2.78. The van der Waals surface area contributed by atoms with Gasteiger partial charge in [0, 0.05) is 21.7 Å². The number of anilines is 1. The zero-order chi connectivity index (χ0) is 22.3. The number of nitrogens with one attached hydrogen (secondary N) is 1. The van der Waals surface area contributed by atoms with Crippen LogP contribution >= 0.6 is 11.8 Å². The predicted molar refractivity (Wildman–Crippen MR) is 132 cm³/mol. The molecular formula is C27H25NO3S. The monoisotopic (exact) mass is 443 g/mol. The molecule has 0 bridgehead atoms. The Labute approximate surface area is 192 Å². The zero-order valence-electron chi connectivity index (χ0n) is 18.1. The molecule has 0 aliphatic heterocycles. The van der Waals surface area contributed by atoms with Crippen LogP contribution < -0.4 is 14.8 Å². The van der Waals surface area contributed by atoms with E-state index in [2.05, 4.69) is 17.4 Å². The van der Waals surface area contributed by atoms with Crippen LogP contribution in [0.5, 0.6) is 11.5 Å². The first kappa shape index (κ1) is 21.8. The van der Waals surface area contributed by atoms with Crippen LogP contribution in [-0.2, 0) is 6.61 Å². The van der Waals surface area contributed by atoms with Crippen molar-refractivity contribution in [3.05, 3.63) is 96.1 Å². The van der Waals surface area contributed by atoms with Crippen molar-refractivity contribution in [1.82, 2.24) is 0 Å². The van der Waals surface area contributed by atoms with Crippen LogP contribution in [-0.4, -0.2) is 18.8 Å². The van der Waals surface area contributed by atoms with Crippen molar-refractivity contribution >= 4 is 34.1 Å². The van der Waals surface area contributed by atoms with E-state index in [1.807, 2.05) is 79.9 Å². The maximum Gasteiger partial charge on any atom is 0.255 e. The summed E-state index contributed by atoms with van der Waals surface area (Å²) in [5.74, 6) is 1.32. The number of rotatable bonds is 8. The average Bonchev–Trinajstić information content (AvgIpc) is 2.83. The van der Waals surface area contributed by atoms with Crippen molar-refractivity contribution in [1.29, 1.82) is 0 Å². The summed E-state index contributed by atoms with van der Waals surface area (Å²) in [4.78, 5) is 14.0. The lowest BCUT2D eigenvalue weighted by molar-refractivity contribution is 0.102. The van der Waals surface area contributed by atoms with Gasteiger partial charge in [-0.05, 0) is 72.5 Å². The number of fused-ring (bicyclic) bond motifs is 1. The summed E-state index contributed by atoms with van der Waals surface area (Å²) in [7, 11) is 0. The first-order valence-corrected chi connectivity index (χ1v) is 11.7. The first-order chi connectivity index (χ1) is 15.7. The molecule has 0 saturated heterocycles. The Hall–Kier alpha value is -3.44. The molecule has 0 saturated carbocycles. The van der Waals surface area contributed by atoms with E-state index in [-0.39, 0.29) is 5.91 Å². The fourth-order valence-electron chi connectivity index (χ4n) is 3.45. The highest BCUT2D eigenvalue weighted by atomic mass is 32.2. The fraction of sp³-hybridized carbons (Fsp3) is 0.148. The molecule has 0 aromatic heterocycles. The maximum absolute atomic E-state index is 12.9. The molecule has 0 spiro atoms. The second-order valence-electron chi connectivity index (χ2n) is 7.24. The number of hydrogen-bond acceptors (Lipinski definition) is 4. The van der Waals surface area contributed by atoms with Gasteiger partial charge in [-0.15, -0.1) is 11.8 Å². The average molecular weight is 444 g/mol. The lowest BCUT2D eigenvalue weighted by atomic mass is 10.1. The van der Waals surface area contributed by atoms with Crippen LogP contribution in [0.1, 0.15) is 22.8 Å². The Kier molecular flexibility index (Phi) is 6.97. The molecule has 32 heavy (non-hydrogen) atoms. The molecule has 4 aromatic carbocycles. The van der Waals surface area contributed by atoms with Gasteiger partial charge in [0.15, 0.2) is 0 Å². The second kappa shape index (κ2) is 10.2. The van der Waals surface area contributed by atoms with Crippen LogP contribution in [0.15, 0.2) is 89.8 Å². The molecule has 4 rings (SSSR count). The van der Waals surface area contributed by atoms with Crippen molar-refractivity contribution in [2.75, 3.05) is 18.2 Å². The minimum Gasteiger partial charge on any atom is -0.493 e. The van der Waals surface area contributed by atoms with Crippen LogP contribution in [0.4, 0.5) is 5.69 Å². The van der Waals surface area contributed by atoms with E-state index in [9.17, 15) is 4.79 Å². The van der Waals surface area contributed by atoms with Crippen LogP contribution in [0.3, 0.4) is 0 Å². The lowest BCUT2D eigenvalue weighted by Gasteiger charge is -2.14. The van der Waals surface area contributed by atoms with E-state index < -0.39 is 0 Å². The van der Waals surface area contributed by atoms with Gasteiger partial charge in [-0.2, -0.15) is 0 Å². The topological polar surface area (TPSA) is 47.6 Å². The van der Waals surface area contributed by atoms with E-state index in [1.165, 1.54) is 5.39 Å². The molecular weight excluding hydrogens is 418 g/mol. The Balaban J connectivity index is 1.53. The summed E-state index contributed by atoms with van der Waals surface area (Å²) in [6.07, 6.45) is 2.01. The highest BCUT2D eigenvalue weighted by Crippen LogP contribution is 2.26. The SMILES string of the molecule is CCOc1ccc(C(=O)Nc2cccc(SC)c2)cc1COc1ccc2ccccc2c1. The van der Waals surface area contributed by atoms with E-state index in [1.54, 1.807) is 17.8 Å². The summed E-state index contributed by atoms with van der Waals surface area (Å²) in [5, 5.41) is 5.26. The Morgan fingerprint density at radius 3 is 2.53 bits per heavy atom. The molecule has 4 nitrogen and oxygen atoms in total. The van der Waals surface area contributed by atoms with Gasteiger partial charge in [0.05, 0.1) is 6.61 Å². The van der Waals surface area contributed by atoms with Gasteiger partial charge in [-0.3, -0.25) is 4.79 Å². The van der Waals surface area contributed by atoms with E-state index in [0.29, 0.717) is 24.5 Å². The molecule has 5 heteroatoms. The summed E-state index contributed by atoms with van der Waals surface area (Å²) >= 11 is 1.64. The number of thioether (sulfide) groups is 1. The van der Waals surface area contributed by atoms with E-state index in [0.717, 1.165) is 27.3 Å². The third kappa shape index (κ3) is 5.24. The standard InChI is InChI=1S/C27H25NO3S/c1-3-30-26-14-12-21(27(29)28-23-9-6-10-25(17-23)32-2)15-22(26)18-31-24-13-11-19-7-4-5-8-20(19)16-24/h4-17H,3,18H2,1-2H3,(H,28,29). The Morgan fingerprint density at radius 2 is 1.72 bits per heavy atom. The van der Waals surface area contributed by atoms with Gasteiger partial charge < -0.3 is 14.8 Å². The molecule has 0 atom stereocenters. The van der Waals surface area contributed by atoms with Crippen molar-refractivity contribution in [3.8, 4) is 11.5 Å². The van der Waals surface area contributed by atoms with Crippen LogP contribution in [0.2, 0.25) is 0 Å². The molecule has 0 aliphatic rings. The highest BCUT2D eigenvalue weighted by molar-refractivity contribution is 7.98. The first-order valence-electron chi connectivity index (χ1n) is 10.5. The van der Waals surface area contributed by atoms with Gasteiger partial charge in [0.2, 0.25) is 0 Å². The van der Waals surface area contributed by atoms with Gasteiger partial charge in [0.25, 0.3) is 5.91 Å². The lowest BCUT2D eigenvalue weighted by Crippen LogP contribution is -2.13. The second-order valence-corrected chi connectivity index (χ2v) is 8.12. The van der Waals surface area contributed by atoms with Crippen LogP contribution in [0.25, 0.3) is 10.8 Å². The van der Waals surface area contributed by atoms with Gasteiger partial charge in [-0.1, -0.05) is 36.4 Å². The van der Waals surface area contributed by atoms with E-state index >= 15 is 0 Å². The molecule has 0 aliphatic carbocycles. The molecule has 0 unspecified atom stereocenters. The molecule has 0 radical (unpaired) electrons. The predicted octanol–water partition coefficient (Wildman–Crippen LogP) is 6.79. The van der Waals surface area contributed by atoms with E-state index in [4.69, 9.17) is 9.47 Å². The van der Waals surface area contributed by atoms with Crippen LogP contribution in [0, 0.1) is 0 Å². The van der Waals surface area contributed by atoms with Crippen molar-refractivity contribution in [3.63, 3.8) is 0 Å². The molecule has 162 valence electrons. The summed E-state index contributed by atoms with van der Waals surface area (Å²) in [6, 6.07) is 27.4. The third-order valence-corrected chi connectivity index (χ3v) is 5.79. The molecule has 4 aromatic rings. The minimum absolute atomic E-state index is 0.168. The molecule has 0 fully saturated rings. The number of carbonyl (C=O) groups is 1.